The molecule has 2 rings (SSSR count). The molecule has 0 saturated heterocycles. The summed E-state index contributed by atoms with van der Waals surface area (Å²) in [5.74, 6) is -0.280. The van der Waals surface area contributed by atoms with E-state index < -0.39 is 5.41 Å². The van der Waals surface area contributed by atoms with Crippen LogP contribution in [0.4, 0.5) is 0 Å². The largest absolute Gasteiger partial charge is 0.369 e. The quantitative estimate of drug-likeness (QED) is 0.835. The molecule has 0 atom stereocenters. The first-order valence-electron chi connectivity index (χ1n) is 7.54. The average Bonchev–Trinajstić information content (AvgIpc) is 2.88. The van der Waals surface area contributed by atoms with Gasteiger partial charge in [0.2, 0.25) is 5.91 Å². The molecule has 0 bridgehead atoms. The van der Waals surface area contributed by atoms with Crippen LogP contribution in [0.5, 0.6) is 0 Å². The third-order valence-corrected chi connectivity index (χ3v) is 4.15. The number of hydrogen-bond acceptors (Lipinski definition) is 3. The summed E-state index contributed by atoms with van der Waals surface area (Å²) < 4.78 is 2.11. The fourth-order valence-electron chi connectivity index (χ4n) is 2.61. The normalized spacial score (nSPS) is 17.3. The highest BCUT2D eigenvalue weighted by atomic mass is 16.1. The predicted octanol–water partition coefficient (Wildman–Crippen LogP) is 1.99. The summed E-state index contributed by atoms with van der Waals surface area (Å²) in [6, 6.07) is 2.62. The van der Waals surface area contributed by atoms with Crippen LogP contribution in [0.15, 0.2) is 12.3 Å². The number of nitrogens with two attached hydrogens (primary N) is 1. The van der Waals surface area contributed by atoms with Crippen molar-refractivity contribution >= 4 is 5.91 Å². The van der Waals surface area contributed by atoms with Gasteiger partial charge in [0, 0.05) is 19.3 Å². The summed E-state index contributed by atoms with van der Waals surface area (Å²) in [5.41, 5.74) is 5.85. The lowest BCUT2D eigenvalue weighted by Crippen LogP contribution is -2.40. The second-order valence-electron chi connectivity index (χ2n) is 6.43. The molecular weight excluding hydrogens is 252 g/mol. The van der Waals surface area contributed by atoms with E-state index in [4.69, 9.17) is 5.73 Å². The topological polar surface area (TPSA) is 72.9 Å². The van der Waals surface area contributed by atoms with Crippen molar-refractivity contribution in [2.45, 2.75) is 58.5 Å². The number of carbonyl (C=O) groups excluding carboxylic acids is 1. The van der Waals surface area contributed by atoms with Gasteiger partial charge in [0.15, 0.2) is 0 Å². The molecule has 5 heteroatoms. The molecule has 0 spiro atoms. The van der Waals surface area contributed by atoms with Crippen molar-refractivity contribution in [1.82, 2.24) is 15.1 Å². The van der Waals surface area contributed by atoms with Crippen LogP contribution in [-0.2, 0) is 11.3 Å². The Bertz CT molecular complexity index is 446. The molecule has 3 N–H and O–H groups in total. The number of aromatic nitrogens is 2. The van der Waals surface area contributed by atoms with Crippen LogP contribution in [0, 0.1) is 5.41 Å². The van der Waals surface area contributed by atoms with Crippen LogP contribution in [0.3, 0.4) is 0 Å². The zero-order valence-electron chi connectivity index (χ0n) is 12.6. The first kappa shape index (κ1) is 15.0. The van der Waals surface area contributed by atoms with Crippen molar-refractivity contribution < 1.29 is 4.79 Å². The molecule has 1 aromatic rings. The smallest absolute Gasteiger partial charge is 0.224 e. The lowest BCUT2D eigenvalue weighted by molar-refractivity contribution is -0.125. The Morgan fingerprint density at radius 2 is 2.15 bits per heavy atom. The third-order valence-electron chi connectivity index (χ3n) is 4.15. The van der Waals surface area contributed by atoms with E-state index in [2.05, 4.69) is 27.4 Å². The standard InChI is InChI=1S/C15H26N4O/c1-15(2,14(16)20)11-17-10-12-8-9-19(18-12)13-6-4-3-5-7-13/h8-9,13,17H,3-7,10-11H2,1-2H3,(H2,16,20). The van der Waals surface area contributed by atoms with Crippen molar-refractivity contribution in [3.63, 3.8) is 0 Å². The Hall–Kier alpha value is -1.36. The van der Waals surface area contributed by atoms with Crippen LogP contribution >= 0.6 is 0 Å². The van der Waals surface area contributed by atoms with E-state index in [9.17, 15) is 4.79 Å². The zero-order chi connectivity index (χ0) is 14.6. The fraction of sp³-hybridized carbons (Fsp3) is 0.733. The molecule has 5 nitrogen and oxygen atoms in total. The molecule has 0 aliphatic heterocycles. The van der Waals surface area contributed by atoms with E-state index in [0.717, 1.165) is 5.69 Å². The second kappa shape index (κ2) is 6.39. The third kappa shape index (κ3) is 3.82. The number of hydrogen-bond donors (Lipinski definition) is 2. The summed E-state index contributed by atoms with van der Waals surface area (Å²) >= 11 is 0. The van der Waals surface area contributed by atoms with Gasteiger partial charge >= 0.3 is 0 Å². The van der Waals surface area contributed by atoms with E-state index in [1.54, 1.807) is 0 Å². The molecular formula is C15H26N4O. The zero-order valence-corrected chi connectivity index (χ0v) is 12.6. The summed E-state index contributed by atoms with van der Waals surface area (Å²) in [5, 5.41) is 7.90. The fourth-order valence-corrected chi connectivity index (χ4v) is 2.61. The molecule has 1 aliphatic rings. The summed E-state index contributed by atoms with van der Waals surface area (Å²) in [6.45, 7) is 4.95. The number of nitrogens with one attached hydrogen (secondary N) is 1. The van der Waals surface area contributed by atoms with Gasteiger partial charge in [-0.3, -0.25) is 9.48 Å². The highest BCUT2D eigenvalue weighted by Gasteiger charge is 2.24. The van der Waals surface area contributed by atoms with Crippen LogP contribution in [0.25, 0.3) is 0 Å². The number of rotatable bonds is 6. The Labute approximate surface area is 120 Å². The van der Waals surface area contributed by atoms with E-state index in [1.165, 1.54) is 32.1 Å². The van der Waals surface area contributed by atoms with Crippen molar-refractivity contribution in [3.05, 3.63) is 18.0 Å². The number of nitrogens with zero attached hydrogens (tertiary/aromatic N) is 2. The number of primary amides is 1. The molecule has 0 unspecified atom stereocenters. The number of amides is 1. The van der Waals surface area contributed by atoms with E-state index in [0.29, 0.717) is 19.1 Å². The van der Waals surface area contributed by atoms with Gasteiger partial charge in [-0.05, 0) is 32.8 Å². The molecule has 1 heterocycles. The van der Waals surface area contributed by atoms with E-state index in [-0.39, 0.29) is 5.91 Å². The molecule has 112 valence electrons. The minimum atomic E-state index is -0.522. The molecule has 1 fully saturated rings. The monoisotopic (exact) mass is 278 g/mol. The van der Waals surface area contributed by atoms with Gasteiger partial charge in [0.05, 0.1) is 17.2 Å². The van der Waals surface area contributed by atoms with Crippen LogP contribution in [0.2, 0.25) is 0 Å². The number of carbonyl (C=O) groups is 1. The van der Waals surface area contributed by atoms with E-state index >= 15 is 0 Å². The molecule has 0 radical (unpaired) electrons. The van der Waals surface area contributed by atoms with Gasteiger partial charge in [0.25, 0.3) is 0 Å². The molecule has 1 aliphatic carbocycles. The minimum Gasteiger partial charge on any atom is -0.369 e. The van der Waals surface area contributed by atoms with Crippen LogP contribution in [-0.4, -0.2) is 22.2 Å². The van der Waals surface area contributed by atoms with E-state index in [1.807, 2.05) is 13.8 Å². The molecule has 20 heavy (non-hydrogen) atoms. The maximum atomic E-state index is 11.2. The van der Waals surface area contributed by atoms with Gasteiger partial charge in [-0.15, -0.1) is 0 Å². The SMILES string of the molecule is CC(C)(CNCc1ccn(C2CCCCC2)n1)C(N)=O. The van der Waals surface area contributed by atoms with Gasteiger partial charge in [0.1, 0.15) is 0 Å². The van der Waals surface area contributed by atoms with Crippen LogP contribution < -0.4 is 11.1 Å². The van der Waals surface area contributed by atoms with Crippen molar-refractivity contribution in [1.29, 1.82) is 0 Å². The summed E-state index contributed by atoms with van der Waals surface area (Å²) in [6.07, 6.45) is 8.53. The van der Waals surface area contributed by atoms with Gasteiger partial charge in [-0.2, -0.15) is 5.10 Å². The van der Waals surface area contributed by atoms with Gasteiger partial charge in [-0.25, -0.2) is 0 Å². The summed E-state index contributed by atoms with van der Waals surface area (Å²) in [7, 11) is 0. The van der Waals surface area contributed by atoms with Crippen molar-refractivity contribution in [2.75, 3.05) is 6.54 Å². The molecule has 1 saturated carbocycles. The Morgan fingerprint density at radius 3 is 2.80 bits per heavy atom. The highest BCUT2D eigenvalue weighted by molar-refractivity contribution is 5.80. The van der Waals surface area contributed by atoms with Crippen LogP contribution in [0.1, 0.15) is 57.7 Å². The second-order valence-corrected chi connectivity index (χ2v) is 6.43. The lowest BCUT2D eigenvalue weighted by Gasteiger charge is -2.22. The lowest BCUT2D eigenvalue weighted by atomic mass is 9.93. The Kier molecular flexibility index (Phi) is 4.81. The Balaban J connectivity index is 1.82. The first-order valence-corrected chi connectivity index (χ1v) is 7.54. The van der Waals surface area contributed by atoms with Crippen molar-refractivity contribution in [3.8, 4) is 0 Å². The Morgan fingerprint density at radius 1 is 1.45 bits per heavy atom. The molecule has 1 amide bonds. The maximum Gasteiger partial charge on any atom is 0.224 e. The molecule has 0 aromatic carbocycles. The van der Waals surface area contributed by atoms with Gasteiger partial charge < -0.3 is 11.1 Å². The highest BCUT2D eigenvalue weighted by Crippen LogP contribution is 2.27. The average molecular weight is 278 g/mol. The minimum absolute atomic E-state index is 0.280. The van der Waals surface area contributed by atoms with Crippen molar-refractivity contribution in [2.24, 2.45) is 11.1 Å². The van der Waals surface area contributed by atoms with Gasteiger partial charge in [-0.1, -0.05) is 19.3 Å². The first-order chi connectivity index (χ1) is 9.49. The predicted molar refractivity (Wildman–Crippen MR) is 79.0 cm³/mol. The maximum absolute atomic E-state index is 11.2. The molecule has 1 aromatic heterocycles. The summed E-state index contributed by atoms with van der Waals surface area (Å²) in [4.78, 5) is 11.2.